The molecule has 5 heteroatoms. The summed E-state index contributed by atoms with van der Waals surface area (Å²) in [5.41, 5.74) is 1.07. The monoisotopic (exact) mass is 201 g/mol. The van der Waals surface area contributed by atoms with Crippen molar-refractivity contribution >= 4 is 23.3 Å². The second-order valence-electron chi connectivity index (χ2n) is 2.90. The molecule has 0 radical (unpaired) electrons. The van der Waals surface area contributed by atoms with E-state index in [-0.39, 0.29) is 0 Å². The van der Waals surface area contributed by atoms with E-state index in [1.54, 1.807) is 0 Å². The summed E-state index contributed by atoms with van der Waals surface area (Å²) in [6.07, 6.45) is 0. The molecule has 12 heavy (non-hydrogen) atoms. The standard InChI is InChI=1S/C7H11N3S2/c1-5-7(12-10-9-5)2-8-6-3-11-4-6/h6,8H,2-4H2,1H3. The molecule has 0 amide bonds. The Morgan fingerprint density at radius 1 is 1.58 bits per heavy atom. The van der Waals surface area contributed by atoms with Crippen LogP contribution in [-0.2, 0) is 6.54 Å². The van der Waals surface area contributed by atoms with Crippen molar-refractivity contribution < 1.29 is 0 Å². The van der Waals surface area contributed by atoms with Gasteiger partial charge in [-0.3, -0.25) is 0 Å². The Bertz CT molecular complexity index is 257. The third kappa shape index (κ3) is 1.78. The van der Waals surface area contributed by atoms with E-state index >= 15 is 0 Å². The first-order chi connectivity index (χ1) is 5.86. The van der Waals surface area contributed by atoms with E-state index in [4.69, 9.17) is 0 Å². The quantitative estimate of drug-likeness (QED) is 0.793. The van der Waals surface area contributed by atoms with Gasteiger partial charge in [0.1, 0.15) is 0 Å². The van der Waals surface area contributed by atoms with Gasteiger partial charge in [0.05, 0.1) is 10.6 Å². The molecule has 1 N–H and O–H groups in total. The second kappa shape index (κ2) is 3.72. The molecular weight excluding hydrogens is 190 g/mol. The van der Waals surface area contributed by atoms with Crippen molar-refractivity contribution in [3.8, 4) is 0 Å². The van der Waals surface area contributed by atoms with E-state index in [2.05, 4.69) is 14.9 Å². The number of hydrogen-bond acceptors (Lipinski definition) is 5. The molecule has 2 rings (SSSR count). The fraction of sp³-hybridized carbons (Fsp3) is 0.714. The first-order valence-electron chi connectivity index (χ1n) is 3.95. The van der Waals surface area contributed by atoms with Gasteiger partial charge in [0, 0.05) is 24.1 Å². The van der Waals surface area contributed by atoms with E-state index in [0.29, 0.717) is 0 Å². The lowest BCUT2D eigenvalue weighted by Gasteiger charge is -2.25. The third-order valence-electron chi connectivity index (χ3n) is 1.93. The molecule has 0 unspecified atom stereocenters. The molecule has 66 valence electrons. The van der Waals surface area contributed by atoms with Crippen LogP contribution in [0.5, 0.6) is 0 Å². The Balaban J connectivity index is 1.82. The maximum absolute atomic E-state index is 3.96. The summed E-state index contributed by atoms with van der Waals surface area (Å²) in [5.74, 6) is 2.51. The highest BCUT2D eigenvalue weighted by molar-refractivity contribution is 8.00. The van der Waals surface area contributed by atoms with Gasteiger partial charge in [-0.1, -0.05) is 4.49 Å². The van der Waals surface area contributed by atoms with Crippen molar-refractivity contribution in [2.75, 3.05) is 11.5 Å². The van der Waals surface area contributed by atoms with Gasteiger partial charge in [-0.2, -0.15) is 11.8 Å². The number of nitrogens with one attached hydrogen (secondary N) is 1. The number of nitrogens with zero attached hydrogens (tertiary/aromatic N) is 2. The average Bonchev–Trinajstić information content (AvgIpc) is 2.33. The van der Waals surface area contributed by atoms with Crippen LogP contribution in [0, 0.1) is 6.92 Å². The molecule has 1 aromatic rings. The smallest absolute Gasteiger partial charge is 0.0769 e. The SMILES string of the molecule is Cc1nnsc1CNC1CSC1. The minimum absolute atomic E-state index is 0.719. The molecule has 0 saturated carbocycles. The molecule has 0 atom stereocenters. The highest BCUT2D eigenvalue weighted by Gasteiger charge is 2.17. The molecule has 0 bridgehead atoms. The van der Waals surface area contributed by atoms with Crippen molar-refractivity contribution in [3.05, 3.63) is 10.6 Å². The van der Waals surface area contributed by atoms with Gasteiger partial charge in [-0.15, -0.1) is 5.10 Å². The largest absolute Gasteiger partial charge is 0.307 e. The van der Waals surface area contributed by atoms with Crippen LogP contribution in [0.3, 0.4) is 0 Å². The molecule has 0 aliphatic carbocycles. The van der Waals surface area contributed by atoms with Crippen molar-refractivity contribution in [1.29, 1.82) is 0 Å². The summed E-state index contributed by atoms with van der Waals surface area (Å²) in [7, 11) is 0. The molecule has 1 saturated heterocycles. The van der Waals surface area contributed by atoms with E-state index in [1.807, 2.05) is 18.7 Å². The molecular formula is C7H11N3S2. The lowest BCUT2D eigenvalue weighted by molar-refractivity contribution is 0.585. The van der Waals surface area contributed by atoms with Gasteiger partial charge < -0.3 is 5.32 Å². The lowest BCUT2D eigenvalue weighted by atomic mass is 10.3. The first kappa shape index (κ1) is 8.47. The van der Waals surface area contributed by atoms with Gasteiger partial charge in [0.2, 0.25) is 0 Å². The number of thioether (sulfide) groups is 1. The molecule has 1 aliphatic rings. The van der Waals surface area contributed by atoms with Crippen molar-refractivity contribution in [1.82, 2.24) is 14.9 Å². The molecule has 1 aliphatic heterocycles. The maximum atomic E-state index is 3.96. The number of hydrogen-bond donors (Lipinski definition) is 1. The van der Waals surface area contributed by atoms with Crippen molar-refractivity contribution in [2.45, 2.75) is 19.5 Å². The zero-order valence-corrected chi connectivity index (χ0v) is 8.54. The molecule has 1 fully saturated rings. The van der Waals surface area contributed by atoms with Gasteiger partial charge in [-0.25, -0.2) is 0 Å². The summed E-state index contributed by atoms with van der Waals surface area (Å²) in [6.45, 7) is 2.95. The zero-order valence-electron chi connectivity index (χ0n) is 6.91. The average molecular weight is 201 g/mol. The predicted octanol–water partition coefficient (Wildman–Crippen LogP) is 1.05. The van der Waals surface area contributed by atoms with Gasteiger partial charge >= 0.3 is 0 Å². The van der Waals surface area contributed by atoms with Crippen molar-refractivity contribution in [2.24, 2.45) is 0 Å². The highest BCUT2D eigenvalue weighted by atomic mass is 32.2. The predicted molar refractivity (Wildman–Crippen MR) is 52.6 cm³/mol. The lowest BCUT2D eigenvalue weighted by Crippen LogP contribution is -2.39. The molecule has 3 nitrogen and oxygen atoms in total. The Morgan fingerprint density at radius 3 is 2.92 bits per heavy atom. The number of rotatable bonds is 3. The molecule has 0 aromatic carbocycles. The summed E-state index contributed by atoms with van der Waals surface area (Å²) >= 11 is 3.49. The Hall–Kier alpha value is -0.130. The van der Waals surface area contributed by atoms with Crippen LogP contribution in [0.25, 0.3) is 0 Å². The summed E-state index contributed by atoms with van der Waals surface area (Å²) < 4.78 is 3.89. The van der Waals surface area contributed by atoms with Crippen LogP contribution in [0.4, 0.5) is 0 Å². The van der Waals surface area contributed by atoms with E-state index in [1.165, 1.54) is 27.9 Å². The van der Waals surface area contributed by atoms with Gasteiger partial charge in [0.15, 0.2) is 0 Å². The summed E-state index contributed by atoms with van der Waals surface area (Å²) in [4.78, 5) is 1.27. The fourth-order valence-electron chi connectivity index (χ4n) is 1.00. The van der Waals surface area contributed by atoms with Gasteiger partial charge in [0.25, 0.3) is 0 Å². The zero-order chi connectivity index (χ0) is 8.39. The van der Waals surface area contributed by atoms with Crippen LogP contribution in [-0.4, -0.2) is 27.1 Å². The Morgan fingerprint density at radius 2 is 2.42 bits per heavy atom. The molecule has 1 aromatic heterocycles. The van der Waals surface area contributed by atoms with Crippen LogP contribution >= 0.6 is 23.3 Å². The van der Waals surface area contributed by atoms with Crippen LogP contribution in [0.15, 0.2) is 0 Å². The highest BCUT2D eigenvalue weighted by Crippen LogP contribution is 2.18. The number of aromatic nitrogens is 2. The third-order valence-corrected chi connectivity index (χ3v) is 4.03. The Labute approximate surface area is 80.1 Å². The second-order valence-corrected chi connectivity index (χ2v) is 4.81. The number of aryl methyl sites for hydroxylation is 1. The van der Waals surface area contributed by atoms with E-state index in [9.17, 15) is 0 Å². The minimum atomic E-state index is 0.719. The van der Waals surface area contributed by atoms with Crippen LogP contribution < -0.4 is 5.32 Å². The fourth-order valence-corrected chi connectivity index (χ4v) is 2.29. The Kier molecular flexibility index (Phi) is 2.63. The van der Waals surface area contributed by atoms with Crippen LogP contribution in [0.2, 0.25) is 0 Å². The molecule has 0 spiro atoms. The minimum Gasteiger partial charge on any atom is -0.307 e. The summed E-state index contributed by atoms with van der Waals surface area (Å²) in [5, 5.41) is 7.43. The van der Waals surface area contributed by atoms with E-state index < -0.39 is 0 Å². The summed E-state index contributed by atoms with van der Waals surface area (Å²) in [6, 6.07) is 0.719. The van der Waals surface area contributed by atoms with Crippen LogP contribution in [0.1, 0.15) is 10.6 Å². The molecule has 2 heterocycles. The maximum Gasteiger partial charge on any atom is 0.0769 e. The first-order valence-corrected chi connectivity index (χ1v) is 5.88. The van der Waals surface area contributed by atoms with Gasteiger partial charge in [-0.05, 0) is 18.5 Å². The normalized spacial score (nSPS) is 17.8. The van der Waals surface area contributed by atoms with Crippen molar-refractivity contribution in [3.63, 3.8) is 0 Å². The topological polar surface area (TPSA) is 37.8 Å². The van der Waals surface area contributed by atoms with E-state index in [0.717, 1.165) is 18.3 Å².